The molecule has 0 spiro atoms. The van der Waals surface area contributed by atoms with E-state index in [1.54, 1.807) is 6.07 Å². The number of carbonyl (C=O) groups excluding carboxylic acids is 1. The van der Waals surface area contributed by atoms with E-state index in [1.807, 2.05) is 31.2 Å². The van der Waals surface area contributed by atoms with Crippen LogP contribution in [0.5, 0.6) is 5.75 Å². The maximum atomic E-state index is 13.9. The van der Waals surface area contributed by atoms with Gasteiger partial charge in [0, 0.05) is 37.6 Å². The van der Waals surface area contributed by atoms with Crippen molar-refractivity contribution in [2.24, 2.45) is 0 Å². The van der Waals surface area contributed by atoms with Crippen LogP contribution in [0, 0.1) is 5.82 Å². The van der Waals surface area contributed by atoms with Gasteiger partial charge in [0.15, 0.2) is 11.6 Å². The molecule has 1 aliphatic rings. The van der Waals surface area contributed by atoms with Crippen LogP contribution >= 0.6 is 0 Å². The van der Waals surface area contributed by atoms with Gasteiger partial charge >= 0.3 is 0 Å². The number of carbonyl (C=O) groups is 1. The van der Waals surface area contributed by atoms with E-state index < -0.39 is 5.82 Å². The summed E-state index contributed by atoms with van der Waals surface area (Å²) in [7, 11) is 1.44. The summed E-state index contributed by atoms with van der Waals surface area (Å²) in [5, 5.41) is 6.14. The number of benzene rings is 2. The van der Waals surface area contributed by atoms with Crippen LogP contribution in [0.3, 0.4) is 0 Å². The van der Waals surface area contributed by atoms with Crippen molar-refractivity contribution in [2.45, 2.75) is 13.5 Å². The highest BCUT2D eigenvalue weighted by atomic mass is 19.1. The van der Waals surface area contributed by atoms with Crippen molar-refractivity contribution in [3.8, 4) is 5.75 Å². The van der Waals surface area contributed by atoms with Gasteiger partial charge in [-0.1, -0.05) is 6.07 Å². The Morgan fingerprint density at radius 3 is 2.68 bits per heavy atom. The molecule has 0 aliphatic carbocycles. The summed E-state index contributed by atoms with van der Waals surface area (Å²) in [6.07, 6.45) is 0. The second kappa shape index (κ2) is 9.41. The molecular weight excluding hydrogens is 361 g/mol. The van der Waals surface area contributed by atoms with Crippen molar-refractivity contribution in [3.05, 3.63) is 53.3 Å². The average Bonchev–Trinajstić information content (AvgIpc) is 2.73. The van der Waals surface area contributed by atoms with Gasteiger partial charge in [0.1, 0.15) is 0 Å². The molecule has 0 saturated carbocycles. The van der Waals surface area contributed by atoms with Gasteiger partial charge < -0.3 is 25.0 Å². The highest BCUT2D eigenvalue weighted by Crippen LogP contribution is 2.26. The summed E-state index contributed by atoms with van der Waals surface area (Å²) in [6.45, 7) is 5.70. The molecule has 28 heavy (non-hydrogen) atoms. The SMILES string of the molecule is CCNC(=O)c1cc(NCc2ccc(OC)c(F)c2)ccc1N1CCOCC1. The van der Waals surface area contributed by atoms with Crippen molar-refractivity contribution >= 4 is 17.3 Å². The molecule has 0 aromatic heterocycles. The molecule has 150 valence electrons. The largest absolute Gasteiger partial charge is 0.494 e. The molecule has 0 radical (unpaired) electrons. The number of amides is 1. The second-order valence-corrected chi connectivity index (χ2v) is 6.51. The standard InChI is InChI=1S/C21H26FN3O3/c1-3-23-21(26)17-13-16(5-6-19(17)25-8-10-28-11-9-25)24-14-15-4-7-20(27-2)18(22)12-15/h4-7,12-13,24H,3,8-11,14H2,1-2H3,(H,23,26). The normalized spacial score (nSPS) is 13.9. The summed E-state index contributed by atoms with van der Waals surface area (Å²) in [5.74, 6) is -0.284. The lowest BCUT2D eigenvalue weighted by Gasteiger charge is -2.30. The summed E-state index contributed by atoms with van der Waals surface area (Å²) in [5.41, 5.74) is 3.11. The summed E-state index contributed by atoms with van der Waals surface area (Å²) in [6, 6.07) is 10.6. The Labute approximate surface area is 164 Å². The number of methoxy groups -OCH3 is 1. The Bertz CT molecular complexity index is 823. The molecule has 0 bridgehead atoms. The molecule has 0 atom stereocenters. The van der Waals surface area contributed by atoms with E-state index in [9.17, 15) is 9.18 Å². The smallest absolute Gasteiger partial charge is 0.253 e. The first-order valence-electron chi connectivity index (χ1n) is 9.43. The van der Waals surface area contributed by atoms with Crippen LogP contribution in [0.15, 0.2) is 36.4 Å². The number of halogens is 1. The molecule has 1 fully saturated rings. The number of ether oxygens (including phenoxy) is 2. The maximum Gasteiger partial charge on any atom is 0.253 e. The minimum atomic E-state index is -0.396. The van der Waals surface area contributed by atoms with Crippen LogP contribution in [0.2, 0.25) is 0 Å². The fourth-order valence-corrected chi connectivity index (χ4v) is 3.19. The van der Waals surface area contributed by atoms with E-state index >= 15 is 0 Å². The van der Waals surface area contributed by atoms with Gasteiger partial charge in [0.2, 0.25) is 0 Å². The van der Waals surface area contributed by atoms with E-state index in [-0.39, 0.29) is 11.7 Å². The number of hydrogen-bond acceptors (Lipinski definition) is 5. The van der Waals surface area contributed by atoms with Crippen molar-refractivity contribution in [1.29, 1.82) is 0 Å². The summed E-state index contributed by atoms with van der Waals surface area (Å²) in [4.78, 5) is 14.8. The molecule has 1 amide bonds. The van der Waals surface area contributed by atoms with Crippen LogP contribution in [-0.4, -0.2) is 45.9 Å². The molecule has 2 aromatic carbocycles. The zero-order chi connectivity index (χ0) is 19.9. The number of hydrogen-bond donors (Lipinski definition) is 2. The van der Waals surface area contributed by atoms with Crippen LogP contribution in [0.4, 0.5) is 15.8 Å². The average molecular weight is 387 g/mol. The minimum absolute atomic E-state index is 0.108. The summed E-state index contributed by atoms with van der Waals surface area (Å²) >= 11 is 0. The lowest BCUT2D eigenvalue weighted by atomic mass is 10.1. The quantitative estimate of drug-likeness (QED) is 0.765. The Morgan fingerprint density at radius 1 is 1.21 bits per heavy atom. The molecule has 3 rings (SSSR count). The summed E-state index contributed by atoms with van der Waals surface area (Å²) < 4.78 is 24.2. The van der Waals surface area contributed by atoms with Gasteiger partial charge in [-0.3, -0.25) is 4.79 Å². The lowest BCUT2D eigenvalue weighted by Crippen LogP contribution is -2.38. The second-order valence-electron chi connectivity index (χ2n) is 6.51. The molecule has 2 aromatic rings. The lowest BCUT2D eigenvalue weighted by molar-refractivity contribution is 0.0954. The predicted octanol–water partition coefficient (Wildman–Crippen LogP) is 3.03. The Balaban J connectivity index is 1.78. The fourth-order valence-electron chi connectivity index (χ4n) is 3.19. The van der Waals surface area contributed by atoms with Crippen molar-refractivity contribution < 1.29 is 18.7 Å². The van der Waals surface area contributed by atoms with E-state index in [1.165, 1.54) is 13.2 Å². The Morgan fingerprint density at radius 2 is 2.00 bits per heavy atom. The monoisotopic (exact) mass is 387 g/mol. The van der Waals surface area contributed by atoms with Crippen molar-refractivity contribution in [1.82, 2.24) is 5.32 Å². The zero-order valence-corrected chi connectivity index (χ0v) is 16.3. The van der Waals surface area contributed by atoms with Crippen molar-refractivity contribution in [2.75, 3.05) is 50.2 Å². The fraction of sp³-hybridized carbons (Fsp3) is 0.381. The molecular formula is C21H26FN3O3. The zero-order valence-electron chi connectivity index (χ0n) is 16.3. The van der Waals surface area contributed by atoms with Gasteiger partial charge in [-0.2, -0.15) is 0 Å². The van der Waals surface area contributed by atoms with Gasteiger partial charge in [-0.05, 0) is 42.8 Å². The third kappa shape index (κ3) is 4.72. The molecule has 0 unspecified atom stereocenters. The van der Waals surface area contributed by atoms with Gasteiger partial charge in [-0.25, -0.2) is 4.39 Å². The van der Waals surface area contributed by atoms with E-state index in [2.05, 4.69) is 15.5 Å². The van der Waals surface area contributed by atoms with Crippen LogP contribution in [0.25, 0.3) is 0 Å². The molecule has 1 aliphatic heterocycles. The van der Waals surface area contributed by atoms with E-state index in [0.717, 1.165) is 30.0 Å². The van der Waals surface area contributed by atoms with Gasteiger partial charge in [-0.15, -0.1) is 0 Å². The highest BCUT2D eigenvalue weighted by molar-refractivity contribution is 6.00. The van der Waals surface area contributed by atoms with E-state index in [4.69, 9.17) is 9.47 Å². The van der Waals surface area contributed by atoms with E-state index in [0.29, 0.717) is 31.9 Å². The maximum absolute atomic E-state index is 13.9. The van der Waals surface area contributed by atoms with Crippen LogP contribution in [-0.2, 0) is 11.3 Å². The number of nitrogens with zero attached hydrogens (tertiary/aromatic N) is 1. The first-order chi connectivity index (χ1) is 13.6. The number of rotatable bonds is 7. The third-order valence-corrected chi connectivity index (χ3v) is 4.64. The van der Waals surface area contributed by atoms with Gasteiger partial charge in [0.05, 0.1) is 25.9 Å². The molecule has 1 heterocycles. The first kappa shape index (κ1) is 19.9. The number of anilines is 2. The number of nitrogens with one attached hydrogen (secondary N) is 2. The molecule has 2 N–H and O–H groups in total. The topological polar surface area (TPSA) is 62.8 Å². The number of morpholine rings is 1. The minimum Gasteiger partial charge on any atom is -0.494 e. The van der Waals surface area contributed by atoms with Crippen LogP contribution in [0.1, 0.15) is 22.8 Å². The van der Waals surface area contributed by atoms with Crippen molar-refractivity contribution in [3.63, 3.8) is 0 Å². The highest BCUT2D eigenvalue weighted by Gasteiger charge is 2.19. The molecule has 6 nitrogen and oxygen atoms in total. The van der Waals surface area contributed by atoms with Gasteiger partial charge in [0.25, 0.3) is 5.91 Å². The molecule has 1 saturated heterocycles. The van der Waals surface area contributed by atoms with Crippen LogP contribution < -0.4 is 20.3 Å². The Hall–Kier alpha value is -2.80. The predicted molar refractivity (Wildman–Crippen MR) is 108 cm³/mol. The third-order valence-electron chi connectivity index (χ3n) is 4.64. The first-order valence-corrected chi connectivity index (χ1v) is 9.43. The Kier molecular flexibility index (Phi) is 6.71. The molecule has 7 heteroatoms.